The molecule has 1 unspecified atom stereocenters. The number of hydrogen-bond acceptors (Lipinski definition) is 6. The van der Waals surface area contributed by atoms with Crippen molar-refractivity contribution in [1.82, 2.24) is 9.97 Å². The number of carbonyl (C=O) groups excluding carboxylic acids is 2. The largest absolute Gasteiger partial charge is 0.468 e. The first kappa shape index (κ1) is 16.6. The first-order valence-electron chi connectivity index (χ1n) is 5.95. The van der Waals surface area contributed by atoms with Crippen LogP contribution in [0.3, 0.4) is 0 Å². The van der Waals surface area contributed by atoms with E-state index in [2.05, 4.69) is 30.6 Å². The number of aryl methyl sites for hydroxylation is 1. The van der Waals surface area contributed by atoms with Crippen molar-refractivity contribution in [3.8, 4) is 0 Å². The van der Waals surface area contributed by atoms with Crippen LogP contribution in [0.2, 0.25) is 0 Å². The summed E-state index contributed by atoms with van der Waals surface area (Å²) in [7, 11) is 1.20. The molecular formula is C13H17BrN2O4. The normalized spacial score (nSPS) is 12.7. The summed E-state index contributed by atoms with van der Waals surface area (Å²) in [5.74, 6) is -2.70. The fourth-order valence-corrected chi connectivity index (χ4v) is 1.59. The van der Waals surface area contributed by atoms with Crippen LogP contribution < -0.4 is 0 Å². The molecule has 1 aromatic heterocycles. The lowest BCUT2D eigenvalue weighted by molar-refractivity contribution is -0.163. The van der Waals surface area contributed by atoms with Gasteiger partial charge < -0.3 is 9.47 Å². The molecule has 0 aliphatic rings. The van der Waals surface area contributed by atoms with Gasteiger partial charge in [-0.1, -0.05) is 0 Å². The molecule has 20 heavy (non-hydrogen) atoms. The van der Waals surface area contributed by atoms with Gasteiger partial charge in [-0.25, -0.2) is 9.97 Å². The summed E-state index contributed by atoms with van der Waals surface area (Å²) in [6.07, 6.45) is 1.48. The Morgan fingerprint density at radius 1 is 1.30 bits per heavy atom. The number of aromatic nitrogens is 2. The predicted molar refractivity (Wildman–Crippen MR) is 75.1 cm³/mol. The first-order valence-corrected chi connectivity index (χ1v) is 6.74. The third kappa shape index (κ3) is 4.26. The number of ether oxygens (including phenoxy) is 2. The van der Waals surface area contributed by atoms with Crippen molar-refractivity contribution in [3.63, 3.8) is 0 Å². The molecule has 1 rings (SSSR count). The Bertz CT molecular complexity index is 526. The third-order valence-corrected chi connectivity index (χ3v) is 3.05. The van der Waals surface area contributed by atoms with Crippen LogP contribution in [-0.2, 0) is 19.1 Å². The van der Waals surface area contributed by atoms with Crippen LogP contribution in [-0.4, -0.2) is 34.6 Å². The molecule has 0 radical (unpaired) electrons. The van der Waals surface area contributed by atoms with E-state index in [0.717, 1.165) is 0 Å². The topological polar surface area (TPSA) is 78.4 Å². The SMILES string of the molecule is COC(=O)C(C(=O)OC(C)(C)C)c1ncc(Br)c(C)n1. The minimum Gasteiger partial charge on any atom is -0.468 e. The fraction of sp³-hybridized carbons (Fsp3) is 0.538. The fourth-order valence-electron chi connectivity index (χ4n) is 1.40. The molecule has 0 amide bonds. The van der Waals surface area contributed by atoms with E-state index >= 15 is 0 Å². The Morgan fingerprint density at radius 2 is 1.90 bits per heavy atom. The summed E-state index contributed by atoms with van der Waals surface area (Å²) in [5.41, 5.74) is -0.0965. The maximum atomic E-state index is 12.1. The van der Waals surface area contributed by atoms with Gasteiger partial charge in [0.15, 0.2) is 5.82 Å². The molecule has 6 nitrogen and oxygen atoms in total. The standard InChI is InChI=1S/C13H17BrN2O4/c1-7-8(14)6-15-10(16-7)9(11(17)19-5)12(18)20-13(2,3)4/h6,9H,1-5H3. The zero-order chi connectivity index (χ0) is 15.5. The van der Waals surface area contributed by atoms with Crippen molar-refractivity contribution in [2.75, 3.05) is 7.11 Å². The molecule has 110 valence electrons. The summed E-state index contributed by atoms with van der Waals surface area (Å²) in [6.45, 7) is 6.88. The molecule has 0 aliphatic heterocycles. The molecule has 0 aromatic carbocycles. The predicted octanol–water partition coefficient (Wildman–Crippen LogP) is 2.15. The number of nitrogens with zero attached hydrogens (tertiary/aromatic N) is 2. The highest BCUT2D eigenvalue weighted by Crippen LogP contribution is 2.21. The molecule has 1 aromatic rings. The van der Waals surface area contributed by atoms with E-state index in [9.17, 15) is 9.59 Å². The van der Waals surface area contributed by atoms with Crippen LogP contribution in [0, 0.1) is 6.92 Å². The Labute approximate surface area is 126 Å². The van der Waals surface area contributed by atoms with Crippen LogP contribution in [0.4, 0.5) is 0 Å². The zero-order valence-electron chi connectivity index (χ0n) is 12.1. The third-order valence-electron chi connectivity index (χ3n) is 2.28. The van der Waals surface area contributed by atoms with Gasteiger partial charge in [0.25, 0.3) is 0 Å². The number of methoxy groups -OCH3 is 1. The zero-order valence-corrected chi connectivity index (χ0v) is 13.6. The van der Waals surface area contributed by atoms with Gasteiger partial charge >= 0.3 is 11.9 Å². The van der Waals surface area contributed by atoms with Gasteiger partial charge in [-0.05, 0) is 43.6 Å². The second-order valence-corrected chi connectivity index (χ2v) is 6.01. The van der Waals surface area contributed by atoms with Crippen LogP contribution in [0.25, 0.3) is 0 Å². The summed E-state index contributed by atoms with van der Waals surface area (Å²) < 4.78 is 10.5. The Balaban J connectivity index is 3.15. The van der Waals surface area contributed by atoms with Crippen LogP contribution >= 0.6 is 15.9 Å². The van der Waals surface area contributed by atoms with Crippen LogP contribution in [0.5, 0.6) is 0 Å². The van der Waals surface area contributed by atoms with Gasteiger partial charge in [0, 0.05) is 6.20 Å². The first-order chi connectivity index (χ1) is 9.15. The van der Waals surface area contributed by atoms with E-state index in [1.54, 1.807) is 27.7 Å². The van der Waals surface area contributed by atoms with Gasteiger partial charge in [-0.3, -0.25) is 9.59 Å². The second-order valence-electron chi connectivity index (χ2n) is 5.15. The number of hydrogen-bond donors (Lipinski definition) is 0. The summed E-state index contributed by atoms with van der Waals surface area (Å²) in [6, 6.07) is 0. The highest BCUT2D eigenvalue weighted by atomic mass is 79.9. The molecule has 0 bridgehead atoms. The quantitative estimate of drug-likeness (QED) is 0.617. The van der Waals surface area contributed by atoms with Crippen LogP contribution in [0.15, 0.2) is 10.7 Å². The summed E-state index contributed by atoms with van der Waals surface area (Å²) >= 11 is 3.26. The lowest BCUT2D eigenvalue weighted by atomic mass is 10.1. The van der Waals surface area contributed by atoms with E-state index in [1.165, 1.54) is 13.3 Å². The van der Waals surface area contributed by atoms with Gasteiger partial charge in [-0.2, -0.15) is 0 Å². The van der Waals surface area contributed by atoms with E-state index in [1.807, 2.05) is 0 Å². The molecule has 0 fully saturated rings. The summed E-state index contributed by atoms with van der Waals surface area (Å²) in [5, 5.41) is 0. The molecule has 0 saturated heterocycles. The van der Waals surface area contributed by atoms with Gasteiger partial charge in [0.05, 0.1) is 17.3 Å². The maximum absolute atomic E-state index is 12.1. The van der Waals surface area contributed by atoms with Gasteiger partial charge in [0.1, 0.15) is 5.60 Å². The van der Waals surface area contributed by atoms with Crippen molar-refractivity contribution in [2.24, 2.45) is 0 Å². The number of rotatable bonds is 3. The number of esters is 2. The molecule has 7 heteroatoms. The maximum Gasteiger partial charge on any atom is 0.328 e. The lowest BCUT2D eigenvalue weighted by Crippen LogP contribution is -2.33. The lowest BCUT2D eigenvalue weighted by Gasteiger charge is -2.22. The molecular weight excluding hydrogens is 328 g/mol. The minimum absolute atomic E-state index is 0.0619. The smallest absolute Gasteiger partial charge is 0.328 e. The van der Waals surface area contributed by atoms with Crippen LogP contribution in [0.1, 0.15) is 38.2 Å². The van der Waals surface area contributed by atoms with Crippen molar-refractivity contribution >= 4 is 27.9 Å². The van der Waals surface area contributed by atoms with Gasteiger partial charge in [-0.15, -0.1) is 0 Å². The van der Waals surface area contributed by atoms with Crippen molar-refractivity contribution in [1.29, 1.82) is 0 Å². The Kier molecular flexibility index (Phi) is 5.21. The molecule has 0 aliphatic carbocycles. The average Bonchev–Trinajstić information content (AvgIpc) is 2.31. The van der Waals surface area contributed by atoms with Crippen molar-refractivity contribution in [2.45, 2.75) is 39.2 Å². The average molecular weight is 345 g/mol. The molecule has 0 saturated carbocycles. The number of halogens is 1. The Hall–Kier alpha value is -1.50. The van der Waals surface area contributed by atoms with Gasteiger partial charge in [0.2, 0.25) is 5.92 Å². The van der Waals surface area contributed by atoms with E-state index < -0.39 is 23.5 Å². The van der Waals surface area contributed by atoms with Crippen molar-refractivity contribution < 1.29 is 19.1 Å². The van der Waals surface area contributed by atoms with E-state index in [4.69, 9.17) is 4.74 Å². The Morgan fingerprint density at radius 3 is 2.35 bits per heavy atom. The minimum atomic E-state index is -1.29. The molecule has 1 heterocycles. The second kappa shape index (κ2) is 6.30. The van der Waals surface area contributed by atoms with E-state index in [-0.39, 0.29) is 5.82 Å². The summed E-state index contributed by atoms with van der Waals surface area (Å²) in [4.78, 5) is 32.1. The molecule has 0 N–H and O–H groups in total. The van der Waals surface area contributed by atoms with E-state index in [0.29, 0.717) is 10.2 Å². The highest BCUT2D eigenvalue weighted by molar-refractivity contribution is 9.10. The molecule has 1 atom stereocenters. The van der Waals surface area contributed by atoms with Crippen molar-refractivity contribution in [3.05, 3.63) is 22.2 Å². The molecule has 0 spiro atoms. The number of carbonyl (C=O) groups is 2. The monoisotopic (exact) mass is 344 g/mol. The highest BCUT2D eigenvalue weighted by Gasteiger charge is 2.36.